The monoisotopic (exact) mass is 240 g/mol. The molecule has 1 unspecified atom stereocenters. The summed E-state index contributed by atoms with van der Waals surface area (Å²) < 4.78 is 0. The Balaban J connectivity index is 2.47. The topological polar surface area (TPSA) is 55.1 Å². The summed E-state index contributed by atoms with van der Waals surface area (Å²) in [5, 5.41) is 3.52. The van der Waals surface area contributed by atoms with Crippen LogP contribution in [0, 0.1) is 0 Å². The summed E-state index contributed by atoms with van der Waals surface area (Å²) in [5.74, 6) is -0.195. The summed E-state index contributed by atoms with van der Waals surface area (Å²) >= 11 is 0. The highest BCUT2D eigenvalue weighted by molar-refractivity contribution is 5.84. The van der Waals surface area contributed by atoms with Crippen molar-refractivity contribution in [2.24, 2.45) is 5.73 Å². The van der Waals surface area contributed by atoms with Gasteiger partial charge in [-0.05, 0) is 26.2 Å². The van der Waals surface area contributed by atoms with E-state index in [1.165, 1.54) is 44.9 Å². The quantitative estimate of drug-likeness (QED) is 0.672. The Kier molecular flexibility index (Phi) is 5.96. The fraction of sp³-hybridized carbons (Fsp3) is 0.929. The summed E-state index contributed by atoms with van der Waals surface area (Å²) in [7, 11) is 0. The van der Waals surface area contributed by atoms with Gasteiger partial charge in [0.2, 0.25) is 5.91 Å². The summed E-state index contributed by atoms with van der Waals surface area (Å²) in [6.07, 6.45) is 10.6. The first-order valence-corrected chi connectivity index (χ1v) is 7.16. The molecular weight excluding hydrogens is 212 g/mol. The van der Waals surface area contributed by atoms with E-state index in [-0.39, 0.29) is 5.91 Å². The number of hydrogen-bond acceptors (Lipinski definition) is 2. The molecule has 0 heterocycles. The molecule has 1 aliphatic rings. The largest absolute Gasteiger partial charge is 0.368 e. The maximum absolute atomic E-state index is 11.6. The van der Waals surface area contributed by atoms with E-state index in [1.807, 2.05) is 6.92 Å². The predicted octanol–water partition coefficient (Wildman–Crippen LogP) is 2.73. The predicted molar refractivity (Wildman–Crippen MR) is 71.8 cm³/mol. The number of carbonyl (C=O) groups is 1. The van der Waals surface area contributed by atoms with Crippen LogP contribution in [0.3, 0.4) is 0 Å². The number of nitrogens with two attached hydrogens (primary N) is 1. The van der Waals surface area contributed by atoms with Crippen LogP contribution in [-0.4, -0.2) is 17.5 Å². The number of hydrogen-bond donors (Lipinski definition) is 2. The minimum Gasteiger partial charge on any atom is -0.368 e. The second kappa shape index (κ2) is 7.00. The van der Waals surface area contributed by atoms with E-state index in [1.54, 1.807) is 0 Å². The molecule has 1 atom stereocenters. The Morgan fingerprint density at radius 1 is 1.29 bits per heavy atom. The van der Waals surface area contributed by atoms with Crippen LogP contribution in [-0.2, 0) is 4.79 Å². The molecule has 1 saturated carbocycles. The van der Waals surface area contributed by atoms with Crippen LogP contribution in [0.1, 0.15) is 71.6 Å². The molecule has 0 spiro atoms. The van der Waals surface area contributed by atoms with Crippen LogP contribution >= 0.6 is 0 Å². The van der Waals surface area contributed by atoms with Crippen LogP contribution in [0.2, 0.25) is 0 Å². The SMILES string of the molecule is CCCCCC(C)(NC1CCCCC1)C(N)=O. The van der Waals surface area contributed by atoms with Gasteiger partial charge >= 0.3 is 0 Å². The zero-order valence-electron chi connectivity index (χ0n) is 11.4. The fourth-order valence-corrected chi connectivity index (χ4v) is 2.69. The van der Waals surface area contributed by atoms with E-state index in [9.17, 15) is 4.79 Å². The molecule has 0 aromatic rings. The number of nitrogens with one attached hydrogen (secondary N) is 1. The van der Waals surface area contributed by atoms with Gasteiger partial charge < -0.3 is 11.1 Å². The van der Waals surface area contributed by atoms with Crippen LogP contribution < -0.4 is 11.1 Å². The Labute approximate surface area is 106 Å². The zero-order valence-corrected chi connectivity index (χ0v) is 11.4. The Bertz CT molecular complexity index is 236. The van der Waals surface area contributed by atoms with Crippen molar-refractivity contribution in [1.82, 2.24) is 5.32 Å². The van der Waals surface area contributed by atoms with Crippen LogP contribution in [0.5, 0.6) is 0 Å². The summed E-state index contributed by atoms with van der Waals surface area (Å²) in [6, 6.07) is 0.489. The molecule has 0 saturated heterocycles. The molecule has 1 fully saturated rings. The maximum atomic E-state index is 11.6. The lowest BCUT2D eigenvalue weighted by molar-refractivity contribution is -0.124. The van der Waals surface area contributed by atoms with Crippen molar-refractivity contribution in [2.75, 3.05) is 0 Å². The molecule has 1 aliphatic carbocycles. The van der Waals surface area contributed by atoms with Gasteiger partial charge in [-0.25, -0.2) is 0 Å². The van der Waals surface area contributed by atoms with E-state index in [0.29, 0.717) is 6.04 Å². The maximum Gasteiger partial charge on any atom is 0.237 e. The number of primary amides is 1. The second-order valence-corrected chi connectivity index (χ2v) is 5.63. The van der Waals surface area contributed by atoms with Crippen molar-refractivity contribution < 1.29 is 4.79 Å². The van der Waals surface area contributed by atoms with Crippen molar-refractivity contribution in [3.63, 3.8) is 0 Å². The molecule has 0 aromatic carbocycles. The molecule has 3 nitrogen and oxygen atoms in total. The van der Waals surface area contributed by atoms with E-state index in [2.05, 4.69) is 12.2 Å². The molecular formula is C14H28N2O. The number of unbranched alkanes of at least 4 members (excludes halogenated alkanes) is 2. The van der Waals surface area contributed by atoms with Gasteiger partial charge in [-0.15, -0.1) is 0 Å². The first-order valence-electron chi connectivity index (χ1n) is 7.16. The van der Waals surface area contributed by atoms with Crippen molar-refractivity contribution in [3.05, 3.63) is 0 Å². The first kappa shape index (κ1) is 14.5. The van der Waals surface area contributed by atoms with Crippen LogP contribution in [0.25, 0.3) is 0 Å². The van der Waals surface area contributed by atoms with Gasteiger partial charge in [-0.1, -0.05) is 45.4 Å². The molecule has 3 heteroatoms. The highest BCUT2D eigenvalue weighted by Gasteiger charge is 2.32. The third-order valence-electron chi connectivity index (χ3n) is 3.95. The molecule has 0 aromatic heterocycles. The normalized spacial score (nSPS) is 21.1. The summed E-state index contributed by atoms with van der Waals surface area (Å²) in [6.45, 7) is 4.15. The number of rotatable bonds is 7. The van der Waals surface area contributed by atoms with Crippen molar-refractivity contribution >= 4 is 5.91 Å². The van der Waals surface area contributed by atoms with Gasteiger partial charge in [-0.3, -0.25) is 4.79 Å². The number of carbonyl (C=O) groups excluding carboxylic acids is 1. The number of amides is 1. The molecule has 1 rings (SSSR count). The second-order valence-electron chi connectivity index (χ2n) is 5.63. The fourth-order valence-electron chi connectivity index (χ4n) is 2.69. The molecule has 0 radical (unpaired) electrons. The standard InChI is InChI=1S/C14H28N2O/c1-3-4-8-11-14(2,13(15)17)16-12-9-6-5-7-10-12/h12,16H,3-11H2,1-2H3,(H2,15,17). The molecule has 0 bridgehead atoms. The van der Waals surface area contributed by atoms with E-state index >= 15 is 0 Å². The Morgan fingerprint density at radius 3 is 2.47 bits per heavy atom. The Morgan fingerprint density at radius 2 is 1.94 bits per heavy atom. The summed E-state index contributed by atoms with van der Waals surface area (Å²) in [4.78, 5) is 11.6. The van der Waals surface area contributed by atoms with Gasteiger partial charge in [0, 0.05) is 6.04 Å². The average Bonchev–Trinajstić information content (AvgIpc) is 2.30. The lowest BCUT2D eigenvalue weighted by Gasteiger charge is -2.34. The van der Waals surface area contributed by atoms with Crippen molar-refractivity contribution in [2.45, 2.75) is 83.2 Å². The molecule has 0 aliphatic heterocycles. The van der Waals surface area contributed by atoms with Gasteiger partial charge in [0.1, 0.15) is 0 Å². The van der Waals surface area contributed by atoms with Crippen molar-refractivity contribution in [3.8, 4) is 0 Å². The minimum absolute atomic E-state index is 0.195. The first-order chi connectivity index (χ1) is 8.08. The smallest absolute Gasteiger partial charge is 0.237 e. The van der Waals surface area contributed by atoms with E-state index in [0.717, 1.165) is 12.8 Å². The third kappa shape index (κ3) is 4.66. The lowest BCUT2D eigenvalue weighted by Crippen LogP contribution is -2.57. The van der Waals surface area contributed by atoms with Gasteiger partial charge in [0.15, 0.2) is 0 Å². The summed E-state index contributed by atoms with van der Waals surface area (Å²) in [5.41, 5.74) is 5.07. The van der Waals surface area contributed by atoms with Gasteiger partial charge in [-0.2, -0.15) is 0 Å². The molecule has 1 amide bonds. The van der Waals surface area contributed by atoms with Gasteiger partial charge in [0.25, 0.3) is 0 Å². The van der Waals surface area contributed by atoms with Crippen LogP contribution in [0.4, 0.5) is 0 Å². The third-order valence-corrected chi connectivity index (χ3v) is 3.95. The zero-order chi connectivity index (χ0) is 12.7. The Hall–Kier alpha value is -0.570. The molecule has 3 N–H and O–H groups in total. The van der Waals surface area contributed by atoms with Crippen molar-refractivity contribution in [1.29, 1.82) is 0 Å². The van der Waals surface area contributed by atoms with Gasteiger partial charge in [0.05, 0.1) is 5.54 Å². The highest BCUT2D eigenvalue weighted by atomic mass is 16.1. The van der Waals surface area contributed by atoms with E-state index < -0.39 is 5.54 Å². The average molecular weight is 240 g/mol. The van der Waals surface area contributed by atoms with Crippen LogP contribution in [0.15, 0.2) is 0 Å². The highest BCUT2D eigenvalue weighted by Crippen LogP contribution is 2.22. The lowest BCUT2D eigenvalue weighted by atomic mass is 9.88. The molecule has 100 valence electrons. The molecule has 17 heavy (non-hydrogen) atoms. The van der Waals surface area contributed by atoms with E-state index in [4.69, 9.17) is 5.73 Å². The minimum atomic E-state index is -0.503.